The van der Waals surface area contributed by atoms with Gasteiger partial charge in [-0.1, -0.05) is 13.0 Å². The summed E-state index contributed by atoms with van der Waals surface area (Å²) in [6, 6.07) is 6.18. The summed E-state index contributed by atoms with van der Waals surface area (Å²) in [7, 11) is 0. The Balaban J connectivity index is 2.24. The summed E-state index contributed by atoms with van der Waals surface area (Å²) >= 11 is 0. The molecule has 0 saturated heterocycles. The van der Waals surface area contributed by atoms with E-state index in [1.54, 1.807) is 6.20 Å². The van der Waals surface area contributed by atoms with Gasteiger partial charge in [0.15, 0.2) is 0 Å². The van der Waals surface area contributed by atoms with Crippen LogP contribution < -0.4 is 11.3 Å². The Kier molecular flexibility index (Phi) is 4.65. The lowest BCUT2D eigenvalue weighted by Crippen LogP contribution is -2.31. The van der Waals surface area contributed by atoms with E-state index in [9.17, 15) is 0 Å². The van der Waals surface area contributed by atoms with Gasteiger partial charge in [0, 0.05) is 18.9 Å². The minimum absolute atomic E-state index is 0.0527. The van der Waals surface area contributed by atoms with Crippen molar-refractivity contribution in [2.75, 3.05) is 0 Å². The lowest BCUT2D eigenvalue weighted by Gasteiger charge is -2.17. The molecule has 2 aromatic heterocycles. The molecular weight excluding hydrogens is 238 g/mol. The SMILES string of the molecule is CCc1cc(C(Cc2cccnc2)NN)n(CC)n1. The number of nitrogens with zero attached hydrogens (tertiary/aromatic N) is 3. The van der Waals surface area contributed by atoms with E-state index in [-0.39, 0.29) is 6.04 Å². The van der Waals surface area contributed by atoms with Crippen molar-refractivity contribution in [2.24, 2.45) is 5.84 Å². The number of rotatable bonds is 6. The van der Waals surface area contributed by atoms with Gasteiger partial charge >= 0.3 is 0 Å². The fraction of sp³-hybridized carbons (Fsp3) is 0.429. The molecule has 19 heavy (non-hydrogen) atoms. The zero-order chi connectivity index (χ0) is 13.7. The van der Waals surface area contributed by atoms with Crippen LogP contribution in [0.3, 0.4) is 0 Å². The van der Waals surface area contributed by atoms with E-state index in [1.807, 2.05) is 16.9 Å². The highest BCUT2D eigenvalue weighted by Crippen LogP contribution is 2.19. The number of hydrazine groups is 1. The second-order valence-corrected chi connectivity index (χ2v) is 4.51. The Hall–Kier alpha value is -1.72. The van der Waals surface area contributed by atoms with Crippen LogP contribution in [0, 0.1) is 0 Å². The van der Waals surface area contributed by atoms with Crippen molar-refractivity contribution in [1.29, 1.82) is 0 Å². The molecule has 0 aliphatic carbocycles. The average molecular weight is 259 g/mol. The minimum atomic E-state index is 0.0527. The fourth-order valence-corrected chi connectivity index (χ4v) is 2.20. The Labute approximate surface area is 113 Å². The second-order valence-electron chi connectivity index (χ2n) is 4.51. The van der Waals surface area contributed by atoms with Crippen LogP contribution in [0.15, 0.2) is 30.6 Å². The molecule has 0 aliphatic rings. The molecule has 0 amide bonds. The largest absolute Gasteiger partial charge is 0.271 e. The van der Waals surface area contributed by atoms with Gasteiger partial charge in [0.1, 0.15) is 0 Å². The maximum absolute atomic E-state index is 5.72. The van der Waals surface area contributed by atoms with Crippen LogP contribution in [0.1, 0.15) is 36.8 Å². The average Bonchev–Trinajstić information content (AvgIpc) is 2.89. The van der Waals surface area contributed by atoms with Crippen LogP contribution in [0.2, 0.25) is 0 Å². The van der Waals surface area contributed by atoms with Gasteiger partial charge in [-0.05, 0) is 37.5 Å². The molecule has 0 saturated carbocycles. The number of nitrogens with two attached hydrogens (primary N) is 1. The minimum Gasteiger partial charge on any atom is -0.271 e. The second kappa shape index (κ2) is 6.45. The number of aromatic nitrogens is 3. The Morgan fingerprint density at radius 1 is 1.42 bits per heavy atom. The molecule has 2 heterocycles. The van der Waals surface area contributed by atoms with Crippen molar-refractivity contribution in [3.05, 3.63) is 47.5 Å². The highest BCUT2D eigenvalue weighted by Gasteiger charge is 2.16. The zero-order valence-electron chi connectivity index (χ0n) is 11.5. The van der Waals surface area contributed by atoms with Crippen LogP contribution in [0.25, 0.3) is 0 Å². The Morgan fingerprint density at radius 2 is 2.26 bits per heavy atom. The number of aryl methyl sites for hydroxylation is 2. The van der Waals surface area contributed by atoms with Crippen molar-refractivity contribution in [1.82, 2.24) is 20.2 Å². The van der Waals surface area contributed by atoms with Gasteiger partial charge in [0.2, 0.25) is 0 Å². The Morgan fingerprint density at radius 3 is 2.84 bits per heavy atom. The summed E-state index contributed by atoms with van der Waals surface area (Å²) in [5.41, 5.74) is 6.28. The van der Waals surface area contributed by atoms with E-state index < -0.39 is 0 Å². The molecule has 0 spiro atoms. The summed E-state index contributed by atoms with van der Waals surface area (Å²) < 4.78 is 2.01. The molecule has 5 nitrogen and oxygen atoms in total. The van der Waals surface area contributed by atoms with Gasteiger partial charge in [-0.2, -0.15) is 5.10 Å². The monoisotopic (exact) mass is 259 g/mol. The van der Waals surface area contributed by atoms with Crippen LogP contribution in [0.5, 0.6) is 0 Å². The molecule has 1 atom stereocenters. The number of hydrogen-bond acceptors (Lipinski definition) is 4. The van der Waals surface area contributed by atoms with Gasteiger partial charge in [-0.25, -0.2) is 0 Å². The molecule has 0 bridgehead atoms. The molecule has 2 rings (SSSR count). The smallest absolute Gasteiger partial charge is 0.0669 e. The molecule has 0 aliphatic heterocycles. The van der Waals surface area contributed by atoms with Gasteiger partial charge in [-0.3, -0.25) is 20.9 Å². The summed E-state index contributed by atoms with van der Waals surface area (Å²) in [5.74, 6) is 5.72. The normalized spacial score (nSPS) is 12.6. The van der Waals surface area contributed by atoms with E-state index in [0.717, 1.165) is 36.3 Å². The Bertz CT molecular complexity index is 506. The van der Waals surface area contributed by atoms with Crippen molar-refractivity contribution >= 4 is 0 Å². The molecule has 0 fully saturated rings. The maximum atomic E-state index is 5.72. The maximum Gasteiger partial charge on any atom is 0.0669 e. The summed E-state index contributed by atoms with van der Waals surface area (Å²) in [5, 5.41) is 4.56. The number of hydrogen-bond donors (Lipinski definition) is 2. The third-order valence-electron chi connectivity index (χ3n) is 3.24. The first kappa shape index (κ1) is 13.7. The van der Waals surface area contributed by atoms with Crippen LogP contribution in [-0.4, -0.2) is 14.8 Å². The van der Waals surface area contributed by atoms with E-state index in [2.05, 4.69) is 41.5 Å². The van der Waals surface area contributed by atoms with Crippen molar-refractivity contribution in [2.45, 2.75) is 39.3 Å². The summed E-state index contributed by atoms with van der Waals surface area (Å²) in [6.45, 7) is 5.05. The third kappa shape index (κ3) is 3.19. The van der Waals surface area contributed by atoms with Gasteiger partial charge < -0.3 is 0 Å². The lowest BCUT2D eigenvalue weighted by molar-refractivity contribution is 0.489. The molecule has 5 heteroatoms. The molecule has 2 aromatic rings. The van der Waals surface area contributed by atoms with Crippen molar-refractivity contribution < 1.29 is 0 Å². The molecule has 0 radical (unpaired) electrons. The quantitative estimate of drug-likeness (QED) is 0.611. The summed E-state index contributed by atoms with van der Waals surface area (Å²) in [6.07, 6.45) is 5.39. The van der Waals surface area contributed by atoms with Gasteiger partial charge in [0.05, 0.1) is 17.4 Å². The topological polar surface area (TPSA) is 68.8 Å². The predicted octanol–water partition coefficient (Wildman–Crippen LogP) is 1.61. The molecule has 3 N–H and O–H groups in total. The highest BCUT2D eigenvalue weighted by atomic mass is 15.3. The van der Waals surface area contributed by atoms with Crippen LogP contribution in [-0.2, 0) is 19.4 Å². The molecular formula is C14H21N5. The van der Waals surface area contributed by atoms with Crippen LogP contribution in [0.4, 0.5) is 0 Å². The first-order valence-electron chi connectivity index (χ1n) is 6.70. The molecule has 0 aromatic carbocycles. The third-order valence-corrected chi connectivity index (χ3v) is 3.24. The first-order valence-corrected chi connectivity index (χ1v) is 6.70. The van der Waals surface area contributed by atoms with Crippen LogP contribution >= 0.6 is 0 Å². The number of pyridine rings is 1. The predicted molar refractivity (Wildman–Crippen MR) is 75.3 cm³/mol. The molecule has 102 valence electrons. The standard InChI is InChI=1S/C14H21N5/c1-3-12-9-14(19(4-2)18-12)13(17-15)8-11-6-5-7-16-10-11/h5-7,9-10,13,17H,3-4,8,15H2,1-2H3. The van der Waals surface area contributed by atoms with Gasteiger partial charge in [-0.15, -0.1) is 0 Å². The first-order chi connectivity index (χ1) is 9.28. The van der Waals surface area contributed by atoms with Gasteiger partial charge in [0.25, 0.3) is 0 Å². The summed E-state index contributed by atoms with van der Waals surface area (Å²) in [4.78, 5) is 4.14. The zero-order valence-corrected chi connectivity index (χ0v) is 11.5. The fourth-order valence-electron chi connectivity index (χ4n) is 2.20. The van der Waals surface area contributed by atoms with Crippen molar-refractivity contribution in [3.8, 4) is 0 Å². The van der Waals surface area contributed by atoms with E-state index >= 15 is 0 Å². The number of nitrogens with one attached hydrogen (secondary N) is 1. The van der Waals surface area contributed by atoms with Crippen molar-refractivity contribution in [3.63, 3.8) is 0 Å². The molecule has 1 unspecified atom stereocenters. The lowest BCUT2D eigenvalue weighted by atomic mass is 10.0. The van der Waals surface area contributed by atoms with E-state index in [0.29, 0.717) is 0 Å². The van der Waals surface area contributed by atoms with E-state index in [4.69, 9.17) is 5.84 Å². The van der Waals surface area contributed by atoms with E-state index in [1.165, 1.54) is 0 Å². The highest BCUT2D eigenvalue weighted by molar-refractivity contribution is 5.19.